The van der Waals surface area contributed by atoms with Crippen LogP contribution in [-0.2, 0) is 23.2 Å². The fourth-order valence-electron chi connectivity index (χ4n) is 0.567. The van der Waals surface area contributed by atoms with E-state index in [-0.39, 0.29) is 17.4 Å². The molecule has 0 bridgehead atoms. The maximum atomic E-state index is 5.53. The van der Waals surface area contributed by atoms with Crippen molar-refractivity contribution < 1.29 is 17.4 Å². The van der Waals surface area contributed by atoms with Gasteiger partial charge in [0.25, 0.3) is 0 Å². The molecule has 0 unspecified atom stereocenters. The average molecular weight is 179 g/mol. The van der Waals surface area contributed by atoms with Crippen LogP contribution in [0.1, 0.15) is 5.56 Å². The van der Waals surface area contributed by atoms with E-state index in [4.69, 9.17) is 11.6 Å². The summed E-state index contributed by atoms with van der Waals surface area (Å²) in [5.41, 5.74) is 1.18. The van der Waals surface area contributed by atoms with Gasteiger partial charge in [0.05, 0.1) is 0 Å². The second-order valence-electron chi connectivity index (χ2n) is 1.62. The number of rotatable bonds is 1. The van der Waals surface area contributed by atoms with Crippen LogP contribution in [-0.4, -0.2) is 0 Å². The standard InChI is InChI=1S/C7H7Cl.Cr/c8-6-7-4-2-1-3-5-7;/h1-5H,6H2;. The Hall–Kier alpha value is 0.0425. The molecule has 2 heteroatoms. The van der Waals surface area contributed by atoms with Crippen molar-refractivity contribution in [2.24, 2.45) is 0 Å². The largest absolute Gasteiger partial charge is 0.122 e. The third kappa shape index (κ3) is 2.91. The molecule has 0 heterocycles. The molecule has 0 spiro atoms. The van der Waals surface area contributed by atoms with E-state index in [1.165, 1.54) is 5.56 Å². The molecule has 0 amide bonds. The van der Waals surface area contributed by atoms with Crippen molar-refractivity contribution in [3.63, 3.8) is 0 Å². The molecule has 1 aromatic carbocycles. The molecule has 0 nitrogen and oxygen atoms in total. The molecule has 0 atom stereocenters. The normalized spacial score (nSPS) is 8.11. The van der Waals surface area contributed by atoms with Gasteiger partial charge in [-0.3, -0.25) is 0 Å². The summed E-state index contributed by atoms with van der Waals surface area (Å²) in [6.45, 7) is 0. The number of hydrogen-bond donors (Lipinski definition) is 0. The van der Waals surface area contributed by atoms with Crippen molar-refractivity contribution in [3.05, 3.63) is 35.9 Å². The van der Waals surface area contributed by atoms with Crippen molar-refractivity contribution >= 4 is 11.6 Å². The second-order valence-corrected chi connectivity index (χ2v) is 1.89. The Morgan fingerprint density at radius 1 is 1.11 bits per heavy atom. The molecule has 1 aromatic rings. The SMILES string of the molecule is ClCc1ccccc1.[Cr]. The molecule has 0 aliphatic carbocycles. The van der Waals surface area contributed by atoms with Gasteiger partial charge < -0.3 is 0 Å². The summed E-state index contributed by atoms with van der Waals surface area (Å²) in [7, 11) is 0. The number of hydrogen-bond acceptors (Lipinski definition) is 0. The fraction of sp³-hybridized carbons (Fsp3) is 0.143. The number of alkyl halides is 1. The maximum Gasteiger partial charge on any atom is 0.0474 e. The molecule has 0 aliphatic heterocycles. The van der Waals surface area contributed by atoms with Gasteiger partial charge in [0.15, 0.2) is 0 Å². The van der Waals surface area contributed by atoms with E-state index in [0.29, 0.717) is 5.88 Å². The summed E-state index contributed by atoms with van der Waals surface area (Å²) in [5, 5.41) is 0. The minimum atomic E-state index is 0. The van der Waals surface area contributed by atoms with Crippen LogP contribution in [0, 0.1) is 0 Å². The first kappa shape index (κ1) is 9.04. The van der Waals surface area contributed by atoms with Gasteiger partial charge in [-0.05, 0) is 5.56 Å². The Kier molecular flexibility index (Phi) is 4.90. The van der Waals surface area contributed by atoms with Crippen LogP contribution < -0.4 is 0 Å². The van der Waals surface area contributed by atoms with Crippen molar-refractivity contribution in [1.29, 1.82) is 0 Å². The van der Waals surface area contributed by atoms with E-state index < -0.39 is 0 Å². The Labute approximate surface area is 71.0 Å². The molecule has 48 valence electrons. The van der Waals surface area contributed by atoms with Gasteiger partial charge in [0, 0.05) is 23.2 Å². The first-order chi connectivity index (χ1) is 3.93. The van der Waals surface area contributed by atoms with Gasteiger partial charge in [0.1, 0.15) is 0 Å². The Morgan fingerprint density at radius 2 is 1.67 bits per heavy atom. The summed E-state index contributed by atoms with van der Waals surface area (Å²) >= 11 is 5.53. The van der Waals surface area contributed by atoms with Crippen molar-refractivity contribution in [3.8, 4) is 0 Å². The van der Waals surface area contributed by atoms with Crippen LogP contribution in [0.4, 0.5) is 0 Å². The summed E-state index contributed by atoms with van der Waals surface area (Å²) < 4.78 is 0. The predicted molar refractivity (Wildman–Crippen MR) is 36.0 cm³/mol. The summed E-state index contributed by atoms with van der Waals surface area (Å²) in [5.74, 6) is 0.612. The Balaban J connectivity index is 0.000000640. The van der Waals surface area contributed by atoms with E-state index in [2.05, 4.69) is 0 Å². The van der Waals surface area contributed by atoms with Gasteiger partial charge in [-0.15, -0.1) is 11.6 Å². The van der Waals surface area contributed by atoms with E-state index in [9.17, 15) is 0 Å². The Morgan fingerprint density at radius 3 is 2.00 bits per heavy atom. The monoisotopic (exact) mass is 178 g/mol. The minimum Gasteiger partial charge on any atom is -0.122 e. The number of benzene rings is 1. The van der Waals surface area contributed by atoms with Gasteiger partial charge in [-0.1, -0.05) is 30.3 Å². The zero-order valence-electron chi connectivity index (χ0n) is 4.88. The van der Waals surface area contributed by atoms with Crippen LogP contribution in [0.2, 0.25) is 0 Å². The molecule has 9 heavy (non-hydrogen) atoms. The topological polar surface area (TPSA) is 0 Å². The summed E-state index contributed by atoms with van der Waals surface area (Å²) in [6.07, 6.45) is 0. The predicted octanol–water partition coefficient (Wildman–Crippen LogP) is 2.42. The van der Waals surface area contributed by atoms with Crippen molar-refractivity contribution in [2.45, 2.75) is 5.88 Å². The first-order valence-electron chi connectivity index (χ1n) is 2.53. The van der Waals surface area contributed by atoms with Crippen LogP contribution in [0.5, 0.6) is 0 Å². The van der Waals surface area contributed by atoms with Crippen LogP contribution in [0.15, 0.2) is 30.3 Å². The molecule has 0 saturated carbocycles. The van der Waals surface area contributed by atoms with Gasteiger partial charge in [-0.25, -0.2) is 0 Å². The molecule has 0 fully saturated rings. The fourth-order valence-corrected chi connectivity index (χ4v) is 0.745. The van der Waals surface area contributed by atoms with Crippen LogP contribution in [0.25, 0.3) is 0 Å². The van der Waals surface area contributed by atoms with Gasteiger partial charge in [0.2, 0.25) is 0 Å². The van der Waals surface area contributed by atoms with E-state index in [1.807, 2.05) is 30.3 Å². The third-order valence-electron chi connectivity index (χ3n) is 0.997. The molecule has 0 N–H and O–H groups in total. The zero-order chi connectivity index (χ0) is 5.82. The van der Waals surface area contributed by atoms with Crippen molar-refractivity contribution in [1.82, 2.24) is 0 Å². The molecule has 0 aromatic heterocycles. The first-order valence-corrected chi connectivity index (χ1v) is 3.07. The third-order valence-corrected chi connectivity index (χ3v) is 1.31. The molecular weight excluding hydrogens is 172 g/mol. The van der Waals surface area contributed by atoms with Crippen LogP contribution >= 0.6 is 11.6 Å². The van der Waals surface area contributed by atoms with Gasteiger partial charge >= 0.3 is 0 Å². The van der Waals surface area contributed by atoms with Crippen LogP contribution in [0.3, 0.4) is 0 Å². The molecule has 0 saturated heterocycles. The van der Waals surface area contributed by atoms with E-state index >= 15 is 0 Å². The Bertz CT molecular complexity index is 150. The van der Waals surface area contributed by atoms with Gasteiger partial charge in [-0.2, -0.15) is 0 Å². The summed E-state index contributed by atoms with van der Waals surface area (Å²) in [6, 6.07) is 9.96. The van der Waals surface area contributed by atoms with E-state index in [0.717, 1.165) is 0 Å². The average Bonchev–Trinajstić information content (AvgIpc) is 1.90. The molecule has 0 aliphatic rings. The minimum absolute atomic E-state index is 0. The van der Waals surface area contributed by atoms with Crippen molar-refractivity contribution in [2.75, 3.05) is 0 Å². The molecular formula is C7H7ClCr. The molecule has 0 radical (unpaired) electrons. The number of halogens is 1. The smallest absolute Gasteiger partial charge is 0.0474 e. The quantitative estimate of drug-likeness (QED) is 0.580. The summed E-state index contributed by atoms with van der Waals surface area (Å²) in [4.78, 5) is 0. The second kappa shape index (κ2) is 4.88. The maximum absolute atomic E-state index is 5.53. The van der Waals surface area contributed by atoms with E-state index in [1.54, 1.807) is 0 Å². The molecule has 1 rings (SSSR count). The zero-order valence-corrected chi connectivity index (χ0v) is 6.91.